The summed E-state index contributed by atoms with van der Waals surface area (Å²) in [6, 6.07) is 0. The van der Waals surface area contributed by atoms with Gasteiger partial charge in [0, 0.05) is 18.3 Å². The standard InChI is InChI=1S/C14H21N5/c1-9(2)16-13-17-12-11(18(13)7)10(3)19(8-15-12)14(4,5)6/h8H,1,3H2,2,4-7H3,(H,16,17). The molecule has 5 heteroatoms. The molecule has 0 unspecified atom stereocenters. The third kappa shape index (κ3) is 2.28. The number of aliphatic imine (C=N–C) groups is 1. The second-order valence-electron chi connectivity index (χ2n) is 5.80. The predicted octanol–water partition coefficient (Wildman–Crippen LogP) is 3.11. The van der Waals surface area contributed by atoms with Gasteiger partial charge in [0.2, 0.25) is 5.95 Å². The molecular formula is C14H21N5. The van der Waals surface area contributed by atoms with Crippen molar-refractivity contribution < 1.29 is 0 Å². The molecule has 0 aromatic carbocycles. The van der Waals surface area contributed by atoms with Crippen LogP contribution in [0, 0.1) is 0 Å². The van der Waals surface area contributed by atoms with Gasteiger partial charge in [-0.3, -0.25) is 0 Å². The van der Waals surface area contributed by atoms with E-state index >= 15 is 0 Å². The zero-order valence-corrected chi connectivity index (χ0v) is 12.3. The van der Waals surface area contributed by atoms with Gasteiger partial charge in [0.05, 0.1) is 12.0 Å². The lowest BCUT2D eigenvalue weighted by Crippen LogP contribution is -2.40. The number of aromatic nitrogens is 2. The largest absolute Gasteiger partial charge is 0.330 e. The van der Waals surface area contributed by atoms with Crippen LogP contribution in [0.15, 0.2) is 23.8 Å². The van der Waals surface area contributed by atoms with E-state index in [1.54, 1.807) is 6.34 Å². The van der Waals surface area contributed by atoms with E-state index in [0.29, 0.717) is 5.82 Å². The molecule has 0 saturated heterocycles. The van der Waals surface area contributed by atoms with E-state index in [2.05, 4.69) is 54.1 Å². The number of nitrogens with one attached hydrogen (secondary N) is 1. The molecule has 19 heavy (non-hydrogen) atoms. The second kappa shape index (κ2) is 4.26. The summed E-state index contributed by atoms with van der Waals surface area (Å²) < 4.78 is 1.96. The van der Waals surface area contributed by atoms with Crippen molar-refractivity contribution in [1.82, 2.24) is 14.5 Å². The van der Waals surface area contributed by atoms with Crippen molar-refractivity contribution >= 4 is 23.8 Å². The molecule has 2 rings (SSSR count). The van der Waals surface area contributed by atoms with E-state index in [1.165, 1.54) is 0 Å². The minimum absolute atomic E-state index is 0.0650. The Hall–Kier alpha value is -2.04. The van der Waals surface area contributed by atoms with Crippen LogP contribution in [0.1, 0.15) is 33.4 Å². The number of fused-ring (bicyclic) bond motifs is 1. The van der Waals surface area contributed by atoms with Gasteiger partial charge in [-0.25, -0.2) is 4.99 Å². The number of allylic oxidation sites excluding steroid dienone is 1. The lowest BCUT2D eigenvalue weighted by atomic mass is 10.0. The van der Waals surface area contributed by atoms with Gasteiger partial charge in [-0.15, -0.1) is 0 Å². The molecular weight excluding hydrogens is 238 g/mol. The van der Waals surface area contributed by atoms with E-state index in [1.807, 2.05) is 18.5 Å². The van der Waals surface area contributed by atoms with Gasteiger partial charge < -0.3 is 14.8 Å². The average Bonchev–Trinajstić information content (AvgIpc) is 2.54. The minimum Gasteiger partial charge on any atom is -0.330 e. The first-order valence-electron chi connectivity index (χ1n) is 6.24. The van der Waals surface area contributed by atoms with Crippen LogP contribution < -0.4 is 5.32 Å². The normalized spacial score (nSPS) is 14.6. The van der Waals surface area contributed by atoms with Gasteiger partial charge in [-0.1, -0.05) is 13.2 Å². The molecule has 2 heterocycles. The third-order valence-electron chi connectivity index (χ3n) is 2.98. The van der Waals surface area contributed by atoms with Crippen LogP contribution in [-0.4, -0.2) is 26.3 Å². The van der Waals surface area contributed by atoms with Crippen molar-refractivity contribution in [2.24, 2.45) is 12.0 Å². The van der Waals surface area contributed by atoms with Gasteiger partial charge in [0.1, 0.15) is 5.69 Å². The molecule has 0 bridgehead atoms. The average molecular weight is 259 g/mol. The van der Waals surface area contributed by atoms with Gasteiger partial charge in [0.25, 0.3) is 0 Å². The Morgan fingerprint density at radius 1 is 1.37 bits per heavy atom. The SMILES string of the molecule is C=C(C)Nc1nc2c(n1C)C(=C)N(C(C)(C)C)C=N2. The highest BCUT2D eigenvalue weighted by Crippen LogP contribution is 2.36. The minimum atomic E-state index is -0.0650. The van der Waals surface area contributed by atoms with E-state index < -0.39 is 0 Å². The maximum Gasteiger partial charge on any atom is 0.209 e. The summed E-state index contributed by atoms with van der Waals surface area (Å²) in [4.78, 5) is 10.9. The number of hydrogen-bond donors (Lipinski definition) is 1. The van der Waals surface area contributed by atoms with Gasteiger partial charge >= 0.3 is 0 Å². The Morgan fingerprint density at radius 3 is 2.53 bits per heavy atom. The number of rotatable bonds is 2. The summed E-state index contributed by atoms with van der Waals surface area (Å²) in [5.41, 5.74) is 2.61. The molecule has 0 atom stereocenters. The Morgan fingerprint density at radius 2 is 2.00 bits per heavy atom. The fraction of sp³-hybridized carbons (Fsp3) is 0.429. The lowest BCUT2D eigenvalue weighted by Gasteiger charge is -2.36. The van der Waals surface area contributed by atoms with E-state index in [9.17, 15) is 0 Å². The molecule has 1 aromatic heterocycles. The van der Waals surface area contributed by atoms with Crippen molar-refractivity contribution in [3.05, 3.63) is 24.5 Å². The smallest absolute Gasteiger partial charge is 0.209 e. The van der Waals surface area contributed by atoms with E-state index in [0.717, 1.165) is 23.0 Å². The summed E-state index contributed by atoms with van der Waals surface area (Å²) in [5, 5.41) is 3.13. The molecule has 0 spiro atoms. The molecule has 0 radical (unpaired) electrons. The van der Waals surface area contributed by atoms with Gasteiger partial charge in [0.15, 0.2) is 5.82 Å². The van der Waals surface area contributed by atoms with E-state index in [-0.39, 0.29) is 5.54 Å². The van der Waals surface area contributed by atoms with Gasteiger partial charge in [-0.2, -0.15) is 4.98 Å². The van der Waals surface area contributed by atoms with Crippen LogP contribution in [-0.2, 0) is 7.05 Å². The van der Waals surface area contributed by atoms with Crippen LogP contribution in [0.25, 0.3) is 5.70 Å². The number of hydrogen-bond acceptors (Lipinski definition) is 4. The van der Waals surface area contributed by atoms with Crippen molar-refractivity contribution in [2.45, 2.75) is 33.2 Å². The highest BCUT2D eigenvalue weighted by Gasteiger charge is 2.29. The maximum absolute atomic E-state index is 4.46. The number of nitrogens with zero attached hydrogens (tertiary/aromatic N) is 4. The molecule has 1 N–H and O–H groups in total. The van der Waals surface area contributed by atoms with Crippen LogP contribution in [0.2, 0.25) is 0 Å². The highest BCUT2D eigenvalue weighted by molar-refractivity contribution is 5.85. The molecule has 1 aliphatic heterocycles. The van der Waals surface area contributed by atoms with Crippen molar-refractivity contribution in [1.29, 1.82) is 0 Å². The second-order valence-corrected chi connectivity index (χ2v) is 5.80. The Bertz CT molecular complexity index is 571. The molecule has 0 fully saturated rings. The number of imidazole rings is 1. The van der Waals surface area contributed by atoms with Crippen molar-refractivity contribution in [3.8, 4) is 0 Å². The topological polar surface area (TPSA) is 45.5 Å². The molecule has 0 saturated carbocycles. The molecule has 0 amide bonds. The van der Waals surface area contributed by atoms with Crippen LogP contribution in [0.5, 0.6) is 0 Å². The summed E-state index contributed by atoms with van der Waals surface area (Å²) >= 11 is 0. The van der Waals surface area contributed by atoms with Gasteiger partial charge in [-0.05, 0) is 27.7 Å². The van der Waals surface area contributed by atoms with Crippen LogP contribution in [0.3, 0.4) is 0 Å². The fourth-order valence-electron chi connectivity index (χ4n) is 2.07. The quantitative estimate of drug-likeness (QED) is 0.887. The first kappa shape index (κ1) is 13.4. The highest BCUT2D eigenvalue weighted by atomic mass is 15.3. The van der Waals surface area contributed by atoms with Crippen LogP contribution in [0.4, 0.5) is 11.8 Å². The number of anilines is 1. The Balaban J connectivity index is 2.46. The van der Waals surface area contributed by atoms with E-state index in [4.69, 9.17) is 0 Å². The summed E-state index contributed by atoms with van der Waals surface area (Å²) in [6.07, 6.45) is 1.79. The Kier molecular flexibility index (Phi) is 3.00. The predicted molar refractivity (Wildman–Crippen MR) is 80.4 cm³/mol. The molecule has 102 valence electrons. The first-order valence-corrected chi connectivity index (χ1v) is 6.24. The molecule has 1 aromatic rings. The Labute approximate surface area is 114 Å². The zero-order valence-electron chi connectivity index (χ0n) is 12.3. The van der Waals surface area contributed by atoms with Crippen molar-refractivity contribution in [3.63, 3.8) is 0 Å². The van der Waals surface area contributed by atoms with Crippen molar-refractivity contribution in [2.75, 3.05) is 5.32 Å². The monoisotopic (exact) mass is 259 g/mol. The van der Waals surface area contributed by atoms with Crippen LogP contribution >= 0.6 is 0 Å². The summed E-state index contributed by atoms with van der Waals surface area (Å²) in [6.45, 7) is 16.3. The molecule has 1 aliphatic rings. The summed E-state index contributed by atoms with van der Waals surface area (Å²) in [7, 11) is 1.95. The first-order chi connectivity index (χ1) is 8.71. The third-order valence-corrected chi connectivity index (χ3v) is 2.98. The maximum atomic E-state index is 4.46. The zero-order chi connectivity index (χ0) is 14.4. The fourth-order valence-corrected chi connectivity index (χ4v) is 2.07. The summed E-state index contributed by atoms with van der Waals surface area (Å²) in [5.74, 6) is 1.42. The lowest BCUT2D eigenvalue weighted by molar-refractivity contribution is 0.333. The molecule has 0 aliphatic carbocycles. The molecule has 5 nitrogen and oxygen atoms in total.